The van der Waals surface area contributed by atoms with E-state index in [1.807, 2.05) is 0 Å². The molecule has 2 aromatic rings. The highest BCUT2D eigenvalue weighted by atomic mass is 32.2. The monoisotopic (exact) mass is 444 g/mol. The van der Waals surface area contributed by atoms with Crippen LogP contribution in [0.15, 0.2) is 53.4 Å². The Morgan fingerprint density at radius 1 is 1.13 bits per heavy atom. The fourth-order valence-corrected chi connectivity index (χ4v) is 3.98. The van der Waals surface area contributed by atoms with Crippen LogP contribution in [0, 0.1) is 0 Å². The van der Waals surface area contributed by atoms with Gasteiger partial charge in [0, 0.05) is 13.2 Å². The minimum Gasteiger partial charge on any atom is -0.406 e. The number of alkyl halides is 3. The lowest BCUT2D eigenvalue weighted by molar-refractivity contribution is -0.274. The average Bonchev–Trinajstić information content (AvgIpc) is 3.19. The van der Waals surface area contributed by atoms with Crippen LogP contribution in [-0.4, -0.2) is 39.9 Å². The van der Waals surface area contributed by atoms with Gasteiger partial charge in [0.05, 0.1) is 22.3 Å². The molecule has 30 heavy (non-hydrogen) atoms. The number of rotatable bonds is 7. The molecule has 1 heterocycles. The molecule has 0 aromatic heterocycles. The summed E-state index contributed by atoms with van der Waals surface area (Å²) in [7, 11) is -4.15. The van der Waals surface area contributed by atoms with Gasteiger partial charge in [-0.2, -0.15) is 0 Å². The first-order chi connectivity index (χ1) is 14.1. The molecular formula is C19H19F3N2O5S. The summed E-state index contributed by atoms with van der Waals surface area (Å²) in [4.78, 5) is 12.2. The summed E-state index contributed by atoms with van der Waals surface area (Å²) in [5, 5.41) is 2.71. The van der Waals surface area contributed by atoms with Gasteiger partial charge in [-0.1, -0.05) is 12.1 Å². The molecule has 1 saturated heterocycles. The Morgan fingerprint density at radius 3 is 2.47 bits per heavy atom. The molecule has 0 spiro atoms. The summed E-state index contributed by atoms with van der Waals surface area (Å²) in [6.07, 6.45) is -3.20. The van der Waals surface area contributed by atoms with Crippen LogP contribution < -0.4 is 14.8 Å². The Labute approximate surface area is 171 Å². The molecule has 1 atom stereocenters. The van der Waals surface area contributed by atoms with E-state index in [0.29, 0.717) is 13.2 Å². The Hall–Kier alpha value is -2.79. The average molecular weight is 444 g/mol. The minimum absolute atomic E-state index is 0.0398. The number of ether oxygens (including phenoxy) is 2. The Balaban J connectivity index is 1.72. The van der Waals surface area contributed by atoms with Crippen LogP contribution in [0.5, 0.6) is 5.75 Å². The summed E-state index contributed by atoms with van der Waals surface area (Å²) in [5.74, 6) is -1.02. The highest BCUT2D eigenvalue weighted by Crippen LogP contribution is 2.25. The molecule has 0 aliphatic carbocycles. The van der Waals surface area contributed by atoms with Crippen molar-refractivity contribution >= 4 is 21.6 Å². The lowest BCUT2D eigenvalue weighted by atomic mass is 10.1. The number of anilines is 1. The molecule has 1 fully saturated rings. The normalized spacial score (nSPS) is 16.8. The van der Waals surface area contributed by atoms with Crippen LogP contribution >= 0.6 is 0 Å². The Kier molecular flexibility index (Phi) is 6.52. The lowest BCUT2D eigenvalue weighted by Crippen LogP contribution is -2.32. The van der Waals surface area contributed by atoms with Crippen molar-refractivity contribution in [3.8, 4) is 5.75 Å². The molecule has 3 rings (SSSR count). The number of sulfonamides is 1. The van der Waals surface area contributed by atoms with E-state index in [2.05, 4.69) is 14.8 Å². The van der Waals surface area contributed by atoms with Crippen molar-refractivity contribution in [2.45, 2.75) is 30.2 Å². The van der Waals surface area contributed by atoms with Gasteiger partial charge < -0.3 is 14.8 Å². The summed E-state index contributed by atoms with van der Waals surface area (Å²) < 4.78 is 73.4. The van der Waals surface area contributed by atoms with Crippen molar-refractivity contribution in [2.75, 3.05) is 17.9 Å². The van der Waals surface area contributed by atoms with Gasteiger partial charge in [0.2, 0.25) is 0 Å². The predicted octanol–water partition coefficient (Wildman–Crippen LogP) is 3.29. The number of amides is 1. The van der Waals surface area contributed by atoms with Crippen LogP contribution in [-0.2, 0) is 14.8 Å². The molecule has 11 heteroatoms. The van der Waals surface area contributed by atoms with E-state index in [-0.39, 0.29) is 22.3 Å². The molecule has 1 amide bonds. The van der Waals surface area contributed by atoms with Gasteiger partial charge in [-0.25, -0.2) is 8.42 Å². The molecule has 7 nitrogen and oxygen atoms in total. The smallest absolute Gasteiger partial charge is 0.406 e. The third-order valence-corrected chi connectivity index (χ3v) is 5.68. The quantitative estimate of drug-likeness (QED) is 0.684. The lowest BCUT2D eigenvalue weighted by Gasteiger charge is -2.15. The fourth-order valence-electron chi connectivity index (χ4n) is 2.90. The number of nitrogens with one attached hydrogen (secondary N) is 2. The highest BCUT2D eigenvalue weighted by molar-refractivity contribution is 7.92. The van der Waals surface area contributed by atoms with Crippen LogP contribution in [0.25, 0.3) is 0 Å². The summed E-state index contributed by atoms with van der Waals surface area (Å²) >= 11 is 0. The van der Waals surface area contributed by atoms with E-state index >= 15 is 0 Å². The van der Waals surface area contributed by atoms with Crippen molar-refractivity contribution in [2.24, 2.45) is 0 Å². The van der Waals surface area contributed by atoms with Crippen LogP contribution in [0.3, 0.4) is 0 Å². The third kappa shape index (κ3) is 5.86. The van der Waals surface area contributed by atoms with Gasteiger partial charge in [0.25, 0.3) is 15.9 Å². The van der Waals surface area contributed by atoms with Crippen molar-refractivity contribution in [3.63, 3.8) is 0 Å². The maximum atomic E-state index is 12.6. The maximum Gasteiger partial charge on any atom is 0.573 e. The molecule has 0 radical (unpaired) electrons. The first kappa shape index (κ1) is 21.9. The van der Waals surface area contributed by atoms with Crippen LogP contribution in [0.1, 0.15) is 23.2 Å². The molecular weight excluding hydrogens is 425 g/mol. The number of hydrogen-bond donors (Lipinski definition) is 2. The second kappa shape index (κ2) is 8.92. The molecule has 1 unspecified atom stereocenters. The number of para-hydroxylation sites is 1. The first-order valence-corrected chi connectivity index (χ1v) is 10.5. The SMILES string of the molecule is O=C(NCC1CCCO1)c1ccccc1NS(=O)(=O)c1ccc(OC(F)(F)F)cc1. The van der Waals surface area contributed by atoms with Crippen molar-refractivity contribution < 1.29 is 35.9 Å². The summed E-state index contributed by atoms with van der Waals surface area (Å²) in [5.41, 5.74) is 0.147. The topological polar surface area (TPSA) is 93.7 Å². The van der Waals surface area contributed by atoms with Gasteiger partial charge >= 0.3 is 6.36 Å². The molecule has 2 N–H and O–H groups in total. The highest BCUT2D eigenvalue weighted by Gasteiger charge is 2.31. The molecule has 2 aromatic carbocycles. The standard InChI is InChI=1S/C19H19F3N2O5S/c20-19(21,22)29-13-7-9-15(10-8-13)30(26,27)24-17-6-2-1-5-16(17)18(25)23-12-14-4-3-11-28-14/h1-2,5-10,14,24H,3-4,11-12H2,(H,23,25). The maximum absolute atomic E-state index is 12.6. The van der Waals surface area contributed by atoms with Gasteiger partial charge in [0.1, 0.15) is 5.75 Å². The minimum atomic E-state index is -4.88. The molecule has 0 saturated carbocycles. The van der Waals surface area contributed by atoms with Gasteiger partial charge in [-0.3, -0.25) is 9.52 Å². The number of carbonyl (C=O) groups excluding carboxylic acids is 1. The van der Waals surface area contributed by atoms with E-state index in [9.17, 15) is 26.4 Å². The molecule has 0 bridgehead atoms. The zero-order valence-corrected chi connectivity index (χ0v) is 16.4. The van der Waals surface area contributed by atoms with E-state index in [1.54, 1.807) is 12.1 Å². The van der Waals surface area contributed by atoms with E-state index in [4.69, 9.17) is 4.74 Å². The van der Waals surface area contributed by atoms with Crippen molar-refractivity contribution in [3.05, 3.63) is 54.1 Å². The number of benzene rings is 2. The third-order valence-electron chi connectivity index (χ3n) is 4.30. The fraction of sp³-hybridized carbons (Fsp3) is 0.316. The van der Waals surface area contributed by atoms with E-state index < -0.39 is 28.0 Å². The Morgan fingerprint density at radius 2 is 1.83 bits per heavy atom. The van der Waals surface area contributed by atoms with E-state index in [0.717, 1.165) is 37.1 Å². The largest absolute Gasteiger partial charge is 0.573 e. The van der Waals surface area contributed by atoms with Gasteiger partial charge in [-0.15, -0.1) is 13.2 Å². The van der Waals surface area contributed by atoms with E-state index in [1.165, 1.54) is 12.1 Å². The van der Waals surface area contributed by atoms with Gasteiger partial charge in [0.15, 0.2) is 0 Å². The number of carbonyl (C=O) groups is 1. The van der Waals surface area contributed by atoms with Crippen LogP contribution in [0.4, 0.5) is 18.9 Å². The number of halogens is 3. The first-order valence-electron chi connectivity index (χ1n) is 9.01. The van der Waals surface area contributed by atoms with Crippen molar-refractivity contribution in [1.29, 1.82) is 0 Å². The second-order valence-electron chi connectivity index (χ2n) is 6.52. The predicted molar refractivity (Wildman–Crippen MR) is 102 cm³/mol. The molecule has 162 valence electrons. The number of hydrogen-bond acceptors (Lipinski definition) is 5. The van der Waals surface area contributed by atoms with Gasteiger partial charge in [-0.05, 0) is 49.2 Å². The summed E-state index contributed by atoms with van der Waals surface area (Å²) in [6.45, 7) is 0.949. The Bertz CT molecular complexity index is 988. The second-order valence-corrected chi connectivity index (χ2v) is 8.20. The zero-order chi connectivity index (χ0) is 21.8. The van der Waals surface area contributed by atoms with Crippen LogP contribution in [0.2, 0.25) is 0 Å². The summed E-state index contributed by atoms with van der Waals surface area (Å²) in [6, 6.07) is 9.75. The zero-order valence-electron chi connectivity index (χ0n) is 15.6. The van der Waals surface area contributed by atoms with Crippen molar-refractivity contribution in [1.82, 2.24) is 5.32 Å². The molecule has 1 aliphatic heterocycles. The molecule has 1 aliphatic rings.